The van der Waals surface area contributed by atoms with Gasteiger partial charge < -0.3 is 15.3 Å². The van der Waals surface area contributed by atoms with Crippen molar-refractivity contribution < 1.29 is 14.6 Å². The van der Waals surface area contributed by atoms with Crippen molar-refractivity contribution in [1.29, 1.82) is 0 Å². The standard InChI is InChI=1S/C16H22N4O5S/c1-9(2)20-14(23)13-10(3)11(7-17-18-8-12(21)22)26-15(13)19(16(20)24)5-6-25-4/h8-9,17H,5-7H2,1-4H3,(H,21,22)/b18-8+. The van der Waals surface area contributed by atoms with Crippen molar-refractivity contribution in [2.75, 3.05) is 13.7 Å². The Hall–Kier alpha value is -2.46. The van der Waals surface area contributed by atoms with Crippen molar-refractivity contribution in [3.63, 3.8) is 0 Å². The number of ether oxygens (including phenoxy) is 1. The lowest BCUT2D eigenvalue weighted by Gasteiger charge is -2.14. The van der Waals surface area contributed by atoms with E-state index in [-0.39, 0.29) is 23.8 Å². The minimum atomic E-state index is -1.15. The summed E-state index contributed by atoms with van der Waals surface area (Å²) >= 11 is 1.32. The number of carboxylic acids is 1. The molecule has 0 aliphatic rings. The van der Waals surface area contributed by atoms with Gasteiger partial charge in [0.15, 0.2) is 0 Å². The van der Waals surface area contributed by atoms with Crippen LogP contribution in [0.3, 0.4) is 0 Å². The van der Waals surface area contributed by atoms with Crippen molar-refractivity contribution in [1.82, 2.24) is 14.6 Å². The van der Waals surface area contributed by atoms with E-state index in [9.17, 15) is 14.4 Å². The number of nitrogens with one attached hydrogen (secondary N) is 1. The molecule has 0 aromatic carbocycles. The highest BCUT2D eigenvalue weighted by Gasteiger charge is 2.20. The van der Waals surface area contributed by atoms with Crippen molar-refractivity contribution >= 4 is 33.7 Å². The van der Waals surface area contributed by atoms with Gasteiger partial charge in [-0.3, -0.25) is 13.9 Å². The third kappa shape index (κ3) is 3.86. The van der Waals surface area contributed by atoms with Crippen LogP contribution in [0.25, 0.3) is 10.2 Å². The predicted molar refractivity (Wildman–Crippen MR) is 100 cm³/mol. The highest BCUT2D eigenvalue weighted by molar-refractivity contribution is 7.18. The molecule has 0 atom stereocenters. The minimum Gasteiger partial charge on any atom is -0.477 e. The topological polar surface area (TPSA) is 115 Å². The van der Waals surface area contributed by atoms with Crippen LogP contribution in [0, 0.1) is 6.92 Å². The molecular formula is C16H22N4O5S. The Labute approximate surface area is 153 Å². The van der Waals surface area contributed by atoms with E-state index in [4.69, 9.17) is 9.84 Å². The zero-order valence-corrected chi connectivity index (χ0v) is 15.9. The molecule has 9 nitrogen and oxygen atoms in total. The average Bonchev–Trinajstić information content (AvgIpc) is 2.88. The van der Waals surface area contributed by atoms with E-state index in [0.717, 1.165) is 16.7 Å². The number of aryl methyl sites for hydroxylation is 1. The largest absolute Gasteiger partial charge is 0.477 e. The van der Waals surface area contributed by atoms with Gasteiger partial charge in [0.05, 0.1) is 25.1 Å². The Balaban J connectivity index is 2.61. The summed E-state index contributed by atoms with van der Waals surface area (Å²) in [5, 5.41) is 12.7. The van der Waals surface area contributed by atoms with Gasteiger partial charge in [-0.1, -0.05) is 0 Å². The first-order valence-corrected chi connectivity index (χ1v) is 8.86. The second-order valence-electron chi connectivity index (χ2n) is 5.96. The van der Waals surface area contributed by atoms with Gasteiger partial charge in [0, 0.05) is 18.0 Å². The first-order valence-electron chi connectivity index (χ1n) is 8.04. The van der Waals surface area contributed by atoms with Gasteiger partial charge in [0.2, 0.25) is 0 Å². The summed E-state index contributed by atoms with van der Waals surface area (Å²) in [5.74, 6) is -1.15. The summed E-state index contributed by atoms with van der Waals surface area (Å²) in [4.78, 5) is 37.5. The number of methoxy groups -OCH3 is 1. The van der Waals surface area contributed by atoms with Crippen LogP contribution in [0.2, 0.25) is 0 Å². The summed E-state index contributed by atoms with van der Waals surface area (Å²) in [7, 11) is 1.55. The molecule has 0 aliphatic carbocycles. The number of hydrazone groups is 1. The minimum absolute atomic E-state index is 0.258. The van der Waals surface area contributed by atoms with Crippen LogP contribution in [0.1, 0.15) is 30.3 Å². The Morgan fingerprint density at radius 2 is 2.12 bits per heavy atom. The average molecular weight is 382 g/mol. The second-order valence-corrected chi connectivity index (χ2v) is 7.04. The maximum Gasteiger partial charge on any atom is 0.348 e. The van der Waals surface area contributed by atoms with E-state index in [2.05, 4.69) is 10.5 Å². The number of rotatable bonds is 8. The number of nitrogens with zero attached hydrogens (tertiary/aromatic N) is 3. The lowest BCUT2D eigenvalue weighted by molar-refractivity contribution is -0.128. The molecule has 2 heterocycles. The summed E-state index contributed by atoms with van der Waals surface area (Å²) in [6.07, 6.45) is 0.753. The lowest BCUT2D eigenvalue weighted by atomic mass is 10.2. The number of aliphatic carboxylic acids is 1. The van der Waals surface area contributed by atoms with Gasteiger partial charge in [-0.05, 0) is 26.3 Å². The molecule has 142 valence electrons. The van der Waals surface area contributed by atoms with Gasteiger partial charge in [0.25, 0.3) is 5.56 Å². The maximum absolute atomic E-state index is 12.9. The highest BCUT2D eigenvalue weighted by atomic mass is 32.1. The summed E-state index contributed by atoms with van der Waals surface area (Å²) in [6.45, 7) is 6.34. The maximum atomic E-state index is 12.9. The molecule has 2 aromatic heterocycles. The van der Waals surface area contributed by atoms with Gasteiger partial charge >= 0.3 is 11.7 Å². The fourth-order valence-corrected chi connectivity index (χ4v) is 3.88. The molecule has 0 amide bonds. The van der Waals surface area contributed by atoms with E-state index in [1.165, 1.54) is 15.9 Å². The van der Waals surface area contributed by atoms with Crippen LogP contribution < -0.4 is 16.7 Å². The number of hydrogen-bond donors (Lipinski definition) is 2. The van der Waals surface area contributed by atoms with Crippen LogP contribution >= 0.6 is 11.3 Å². The first kappa shape index (κ1) is 19.9. The number of carboxylic acid groups (broad SMARTS) is 1. The van der Waals surface area contributed by atoms with Crippen LogP contribution in [0.4, 0.5) is 0 Å². The molecule has 2 rings (SSSR count). The molecule has 2 N–H and O–H groups in total. The SMILES string of the molecule is COCCn1c(=O)n(C(C)C)c(=O)c2c(C)c(CN/N=C/C(=O)O)sc21. The fraction of sp³-hybridized carbons (Fsp3) is 0.500. The molecule has 2 aromatic rings. The van der Waals surface area contributed by atoms with Crippen molar-refractivity contribution in [3.8, 4) is 0 Å². The van der Waals surface area contributed by atoms with Crippen LogP contribution in [-0.2, 0) is 22.6 Å². The molecule has 10 heteroatoms. The Morgan fingerprint density at radius 1 is 1.42 bits per heavy atom. The van der Waals surface area contributed by atoms with Crippen molar-refractivity contribution in [3.05, 3.63) is 31.3 Å². The van der Waals surface area contributed by atoms with E-state index in [1.807, 2.05) is 6.92 Å². The van der Waals surface area contributed by atoms with Crippen LogP contribution in [0.5, 0.6) is 0 Å². The number of hydrogen-bond acceptors (Lipinski definition) is 7. The van der Waals surface area contributed by atoms with Crippen molar-refractivity contribution in [2.45, 2.75) is 39.9 Å². The first-order chi connectivity index (χ1) is 12.3. The predicted octanol–water partition coefficient (Wildman–Crippen LogP) is 0.920. The molecule has 0 unspecified atom stereocenters. The molecule has 0 aliphatic heterocycles. The highest BCUT2D eigenvalue weighted by Crippen LogP contribution is 2.28. The summed E-state index contributed by atoms with van der Waals surface area (Å²) < 4.78 is 7.89. The molecule has 0 saturated carbocycles. The van der Waals surface area contributed by atoms with Crippen LogP contribution in [-0.4, -0.2) is 40.1 Å². The number of fused-ring (bicyclic) bond motifs is 1. The Kier molecular flexibility index (Phi) is 6.32. The molecule has 0 bridgehead atoms. The third-order valence-electron chi connectivity index (χ3n) is 3.88. The Morgan fingerprint density at radius 3 is 2.69 bits per heavy atom. The molecule has 0 spiro atoms. The van der Waals surface area contributed by atoms with Gasteiger partial charge in [-0.15, -0.1) is 11.3 Å². The van der Waals surface area contributed by atoms with E-state index in [0.29, 0.717) is 23.4 Å². The van der Waals surface area contributed by atoms with Crippen molar-refractivity contribution in [2.24, 2.45) is 5.10 Å². The normalized spacial score (nSPS) is 11.7. The summed E-state index contributed by atoms with van der Waals surface area (Å²) in [5.41, 5.74) is 2.73. The number of aromatic nitrogens is 2. The third-order valence-corrected chi connectivity index (χ3v) is 5.20. The number of thiophene rings is 1. The van der Waals surface area contributed by atoms with Gasteiger partial charge in [-0.25, -0.2) is 9.59 Å². The van der Waals surface area contributed by atoms with Gasteiger partial charge in [-0.2, -0.15) is 5.10 Å². The number of carbonyl (C=O) groups is 1. The Bertz CT molecular complexity index is 954. The van der Waals surface area contributed by atoms with E-state index in [1.54, 1.807) is 25.5 Å². The molecule has 0 saturated heterocycles. The molecule has 0 fully saturated rings. The van der Waals surface area contributed by atoms with E-state index >= 15 is 0 Å². The summed E-state index contributed by atoms with van der Waals surface area (Å²) in [6, 6.07) is -0.269. The second kappa shape index (κ2) is 8.28. The van der Waals surface area contributed by atoms with E-state index < -0.39 is 5.97 Å². The lowest BCUT2D eigenvalue weighted by Crippen LogP contribution is -2.41. The monoisotopic (exact) mass is 382 g/mol. The molecular weight excluding hydrogens is 360 g/mol. The smallest absolute Gasteiger partial charge is 0.348 e. The quantitative estimate of drug-likeness (QED) is 0.518. The molecule has 26 heavy (non-hydrogen) atoms. The van der Waals surface area contributed by atoms with Gasteiger partial charge in [0.1, 0.15) is 11.0 Å². The van der Waals surface area contributed by atoms with Crippen LogP contribution in [0.15, 0.2) is 14.7 Å². The zero-order chi connectivity index (χ0) is 19.4. The zero-order valence-electron chi connectivity index (χ0n) is 15.1. The fourth-order valence-electron chi connectivity index (χ4n) is 2.63. The molecule has 0 radical (unpaired) electrons.